The maximum Gasteiger partial charge on any atom is 0.326 e. The number of aliphatic carboxylic acids is 1. The molecule has 1 rings (SSSR count). The Morgan fingerprint density at radius 3 is 2.71 bits per heavy atom. The summed E-state index contributed by atoms with van der Waals surface area (Å²) in [5.74, 6) is -1.01. The van der Waals surface area contributed by atoms with E-state index in [4.69, 9.17) is 10.8 Å². The molecule has 17 heavy (non-hydrogen) atoms. The summed E-state index contributed by atoms with van der Waals surface area (Å²) in [7, 11) is 0. The molecule has 0 aromatic rings. The molecule has 3 N–H and O–H groups in total. The Morgan fingerprint density at radius 1 is 1.41 bits per heavy atom. The minimum atomic E-state index is -0.898. The molecule has 1 aliphatic heterocycles. The Balaban J connectivity index is 2.68. The molecule has 0 radical (unpaired) electrons. The van der Waals surface area contributed by atoms with Gasteiger partial charge in [-0.05, 0) is 19.3 Å². The Kier molecular flexibility index (Phi) is 5.41. The molecule has 5 heteroatoms. The summed E-state index contributed by atoms with van der Waals surface area (Å²) in [6.45, 7) is 2.47. The summed E-state index contributed by atoms with van der Waals surface area (Å²) < 4.78 is 0. The van der Waals surface area contributed by atoms with E-state index in [9.17, 15) is 9.59 Å². The Hall–Kier alpha value is -1.10. The van der Waals surface area contributed by atoms with Crippen LogP contribution < -0.4 is 5.73 Å². The zero-order chi connectivity index (χ0) is 12.8. The van der Waals surface area contributed by atoms with Gasteiger partial charge in [0.15, 0.2) is 0 Å². The molecule has 0 aliphatic carbocycles. The lowest BCUT2D eigenvalue weighted by molar-refractivity contribution is -0.150. The van der Waals surface area contributed by atoms with Crippen molar-refractivity contribution in [1.82, 2.24) is 4.90 Å². The van der Waals surface area contributed by atoms with E-state index in [0.717, 1.165) is 25.7 Å². The lowest BCUT2D eigenvalue weighted by atomic mass is 10.1. The molecule has 0 aromatic heterocycles. The number of likely N-dealkylation sites (tertiary alicyclic amines) is 1. The number of carboxylic acids is 1. The van der Waals surface area contributed by atoms with Crippen molar-refractivity contribution in [1.29, 1.82) is 0 Å². The van der Waals surface area contributed by atoms with Gasteiger partial charge in [-0.15, -0.1) is 0 Å². The fraction of sp³-hybridized carbons (Fsp3) is 0.833. The molecule has 1 amide bonds. The Morgan fingerprint density at radius 2 is 2.12 bits per heavy atom. The minimum Gasteiger partial charge on any atom is -0.480 e. The SMILES string of the molecule is CCC(N)CC(=O)N1CCCCCC1C(=O)O. The van der Waals surface area contributed by atoms with Crippen LogP contribution in [0.1, 0.15) is 45.4 Å². The van der Waals surface area contributed by atoms with Crippen LogP contribution in [0.2, 0.25) is 0 Å². The van der Waals surface area contributed by atoms with Crippen molar-refractivity contribution in [3.05, 3.63) is 0 Å². The number of hydrogen-bond acceptors (Lipinski definition) is 3. The average Bonchev–Trinajstić information content (AvgIpc) is 2.53. The van der Waals surface area contributed by atoms with Crippen LogP contribution >= 0.6 is 0 Å². The minimum absolute atomic E-state index is 0.117. The third-order valence-corrected chi connectivity index (χ3v) is 3.32. The number of nitrogens with zero attached hydrogens (tertiary/aromatic N) is 1. The zero-order valence-corrected chi connectivity index (χ0v) is 10.4. The van der Waals surface area contributed by atoms with Crippen molar-refractivity contribution in [3.63, 3.8) is 0 Å². The fourth-order valence-electron chi connectivity index (χ4n) is 2.15. The van der Waals surface area contributed by atoms with Crippen LogP contribution in [-0.2, 0) is 9.59 Å². The third kappa shape index (κ3) is 4.00. The number of carbonyl (C=O) groups excluding carboxylic acids is 1. The predicted molar refractivity (Wildman–Crippen MR) is 64.5 cm³/mol. The summed E-state index contributed by atoms with van der Waals surface area (Å²) >= 11 is 0. The first-order chi connectivity index (χ1) is 8.06. The van der Waals surface area contributed by atoms with Crippen LogP contribution in [0.3, 0.4) is 0 Å². The van der Waals surface area contributed by atoms with Gasteiger partial charge in [-0.1, -0.05) is 19.8 Å². The molecule has 1 heterocycles. The standard InChI is InChI=1S/C12H22N2O3/c1-2-9(13)8-11(15)14-7-5-3-4-6-10(14)12(16)17/h9-10H,2-8,13H2,1H3,(H,16,17). The highest BCUT2D eigenvalue weighted by Gasteiger charge is 2.30. The van der Waals surface area contributed by atoms with Crippen LogP contribution in [0.5, 0.6) is 0 Å². The largest absolute Gasteiger partial charge is 0.480 e. The zero-order valence-electron chi connectivity index (χ0n) is 10.4. The molecule has 2 unspecified atom stereocenters. The molecule has 0 aromatic carbocycles. The number of carboxylic acid groups (broad SMARTS) is 1. The van der Waals surface area contributed by atoms with Crippen LogP contribution in [0.25, 0.3) is 0 Å². The van der Waals surface area contributed by atoms with Gasteiger partial charge in [0.2, 0.25) is 5.91 Å². The molecule has 2 atom stereocenters. The third-order valence-electron chi connectivity index (χ3n) is 3.32. The molecule has 98 valence electrons. The molecule has 5 nitrogen and oxygen atoms in total. The number of carbonyl (C=O) groups is 2. The summed E-state index contributed by atoms with van der Waals surface area (Å²) in [5.41, 5.74) is 5.75. The van der Waals surface area contributed by atoms with E-state index in [1.54, 1.807) is 0 Å². The van der Waals surface area contributed by atoms with Gasteiger partial charge < -0.3 is 15.7 Å². The monoisotopic (exact) mass is 242 g/mol. The first-order valence-electron chi connectivity index (χ1n) is 6.34. The van der Waals surface area contributed by atoms with Crippen LogP contribution in [0, 0.1) is 0 Å². The van der Waals surface area contributed by atoms with Crippen molar-refractivity contribution >= 4 is 11.9 Å². The number of hydrogen-bond donors (Lipinski definition) is 2. The second-order valence-corrected chi connectivity index (χ2v) is 4.66. The molecule has 1 aliphatic rings. The quantitative estimate of drug-likeness (QED) is 0.769. The van der Waals surface area contributed by atoms with Crippen LogP contribution in [0.4, 0.5) is 0 Å². The maximum absolute atomic E-state index is 12.0. The van der Waals surface area contributed by atoms with E-state index in [1.165, 1.54) is 4.90 Å². The summed E-state index contributed by atoms with van der Waals surface area (Å²) in [5, 5.41) is 9.15. The van der Waals surface area contributed by atoms with E-state index < -0.39 is 12.0 Å². The van der Waals surface area contributed by atoms with E-state index in [-0.39, 0.29) is 18.4 Å². The molecule has 0 spiro atoms. The molecule has 1 fully saturated rings. The van der Waals surface area contributed by atoms with Crippen molar-refractivity contribution in [2.45, 2.75) is 57.5 Å². The molecular weight excluding hydrogens is 220 g/mol. The first kappa shape index (κ1) is 14.0. The summed E-state index contributed by atoms with van der Waals surface area (Å²) in [6, 6.07) is -0.825. The number of rotatable bonds is 4. The van der Waals surface area contributed by atoms with Gasteiger partial charge in [0.25, 0.3) is 0 Å². The Bertz CT molecular complexity index is 281. The molecular formula is C12H22N2O3. The smallest absolute Gasteiger partial charge is 0.326 e. The molecule has 1 saturated heterocycles. The Labute approximate surface area is 102 Å². The maximum atomic E-state index is 12.0. The van der Waals surface area contributed by atoms with Gasteiger partial charge in [-0.3, -0.25) is 4.79 Å². The normalized spacial score (nSPS) is 22.9. The van der Waals surface area contributed by atoms with Crippen LogP contribution in [0.15, 0.2) is 0 Å². The van der Waals surface area contributed by atoms with Gasteiger partial charge in [-0.2, -0.15) is 0 Å². The lowest BCUT2D eigenvalue weighted by Crippen LogP contribution is -2.46. The van der Waals surface area contributed by atoms with Crippen LogP contribution in [-0.4, -0.2) is 40.5 Å². The summed E-state index contributed by atoms with van der Waals surface area (Å²) in [6.07, 6.45) is 4.30. The van der Waals surface area contributed by atoms with Gasteiger partial charge >= 0.3 is 5.97 Å². The van der Waals surface area contributed by atoms with E-state index in [0.29, 0.717) is 13.0 Å². The van der Waals surface area contributed by atoms with Gasteiger partial charge in [0.1, 0.15) is 6.04 Å². The predicted octanol–water partition coefficient (Wildman–Crippen LogP) is 0.970. The van der Waals surface area contributed by atoms with Gasteiger partial charge in [-0.25, -0.2) is 4.79 Å². The van der Waals surface area contributed by atoms with E-state index in [1.807, 2.05) is 6.92 Å². The fourth-order valence-corrected chi connectivity index (χ4v) is 2.15. The highest BCUT2D eigenvalue weighted by Crippen LogP contribution is 2.18. The van der Waals surface area contributed by atoms with Crippen molar-refractivity contribution in [2.75, 3.05) is 6.54 Å². The van der Waals surface area contributed by atoms with E-state index >= 15 is 0 Å². The second kappa shape index (κ2) is 6.59. The van der Waals surface area contributed by atoms with Gasteiger partial charge in [0, 0.05) is 19.0 Å². The lowest BCUT2D eigenvalue weighted by Gasteiger charge is -2.27. The average molecular weight is 242 g/mol. The molecule has 0 bridgehead atoms. The number of amides is 1. The first-order valence-corrected chi connectivity index (χ1v) is 6.34. The summed E-state index contributed by atoms with van der Waals surface area (Å²) in [4.78, 5) is 24.7. The van der Waals surface area contributed by atoms with Crippen molar-refractivity contribution in [3.8, 4) is 0 Å². The van der Waals surface area contributed by atoms with Crippen molar-refractivity contribution in [2.24, 2.45) is 5.73 Å². The second-order valence-electron chi connectivity index (χ2n) is 4.66. The topological polar surface area (TPSA) is 83.6 Å². The van der Waals surface area contributed by atoms with Crippen molar-refractivity contribution < 1.29 is 14.7 Å². The number of nitrogens with two attached hydrogens (primary N) is 1. The molecule has 0 saturated carbocycles. The highest BCUT2D eigenvalue weighted by molar-refractivity contribution is 5.84. The van der Waals surface area contributed by atoms with Gasteiger partial charge in [0.05, 0.1) is 0 Å². The van der Waals surface area contributed by atoms with E-state index in [2.05, 4.69) is 0 Å². The highest BCUT2D eigenvalue weighted by atomic mass is 16.4.